The van der Waals surface area contributed by atoms with Crippen molar-refractivity contribution in [2.24, 2.45) is 17.8 Å². The van der Waals surface area contributed by atoms with Crippen molar-refractivity contribution in [1.29, 1.82) is 0 Å². The Morgan fingerprint density at radius 3 is 2.60 bits per heavy atom. The summed E-state index contributed by atoms with van der Waals surface area (Å²) >= 11 is 0. The fourth-order valence-electron chi connectivity index (χ4n) is 3.31. The Bertz CT molecular complexity index is 241. The molecule has 0 aromatic heterocycles. The molecule has 2 heteroatoms. The predicted octanol–water partition coefficient (Wildman–Crippen LogP) is 2.75. The molecule has 2 nitrogen and oxygen atoms in total. The first-order valence-electron chi connectivity index (χ1n) is 6.27. The molecule has 2 atom stereocenters. The molecule has 0 amide bonds. The van der Waals surface area contributed by atoms with E-state index >= 15 is 0 Å². The summed E-state index contributed by atoms with van der Waals surface area (Å²) in [5.74, 6) is 1.79. The minimum atomic E-state index is 0.221. The molecule has 0 aromatic carbocycles. The molecule has 0 bridgehead atoms. The number of hydrogen-bond donors (Lipinski definition) is 0. The van der Waals surface area contributed by atoms with Crippen molar-refractivity contribution in [3.63, 3.8) is 0 Å². The van der Waals surface area contributed by atoms with E-state index in [1.807, 2.05) is 0 Å². The van der Waals surface area contributed by atoms with E-state index in [9.17, 15) is 9.59 Å². The Labute approximate surface area is 91.4 Å². The van der Waals surface area contributed by atoms with E-state index in [0.717, 1.165) is 31.5 Å². The summed E-state index contributed by atoms with van der Waals surface area (Å²) in [7, 11) is 0. The lowest BCUT2D eigenvalue weighted by atomic mass is 9.84. The third-order valence-corrected chi connectivity index (χ3v) is 4.21. The lowest BCUT2D eigenvalue weighted by Crippen LogP contribution is -2.18. The van der Waals surface area contributed by atoms with Crippen molar-refractivity contribution < 1.29 is 9.59 Å². The SMILES string of the molecule is O=CCC1CCC(=O)C1CC1CCCC1. The maximum absolute atomic E-state index is 11.7. The van der Waals surface area contributed by atoms with E-state index in [2.05, 4.69) is 0 Å². The predicted molar refractivity (Wildman–Crippen MR) is 58.5 cm³/mol. The van der Waals surface area contributed by atoms with Gasteiger partial charge in [-0.25, -0.2) is 0 Å². The number of rotatable bonds is 4. The van der Waals surface area contributed by atoms with Crippen LogP contribution < -0.4 is 0 Å². The van der Waals surface area contributed by atoms with Crippen LogP contribution in [0.3, 0.4) is 0 Å². The summed E-state index contributed by atoms with van der Waals surface area (Å²) in [5, 5.41) is 0. The van der Waals surface area contributed by atoms with Crippen molar-refractivity contribution in [1.82, 2.24) is 0 Å². The van der Waals surface area contributed by atoms with Crippen LogP contribution in [0.1, 0.15) is 51.4 Å². The Balaban J connectivity index is 1.91. The maximum Gasteiger partial charge on any atom is 0.136 e. The molecule has 2 rings (SSSR count). The minimum Gasteiger partial charge on any atom is -0.303 e. The van der Waals surface area contributed by atoms with Gasteiger partial charge >= 0.3 is 0 Å². The molecule has 2 unspecified atom stereocenters. The molecular weight excluding hydrogens is 188 g/mol. The molecule has 0 aliphatic heterocycles. The number of Topliss-reactive ketones (excluding diaryl/α,β-unsaturated/α-hetero) is 1. The molecule has 0 aromatic rings. The Morgan fingerprint density at radius 2 is 1.93 bits per heavy atom. The van der Waals surface area contributed by atoms with Crippen LogP contribution in [-0.4, -0.2) is 12.1 Å². The maximum atomic E-state index is 11.7. The highest BCUT2D eigenvalue weighted by molar-refractivity contribution is 5.83. The van der Waals surface area contributed by atoms with Crippen molar-refractivity contribution in [2.75, 3.05) is 0 Å². The van der Waals surface area contributed by atoms with Gasteiger partial charge in [0, 0.05) is 18.8 Å². The number of carbonyl (C=O) groups excluding carboxylic acids is 2. The van der Waals surface area contributed by atoms with Crippen LogP contribution in [0.2, 0.25) is 0 Å². The van der Waals surface area contributed by atoms with Gasteiger partial charge in [0.2, 0.25) is 0 Å². The summed E-state index contributed by atoms with van der Waals surface area (Å²) in [6.07, 6.45) is 9.61. The molecule has 2 aliphatic carbocycles. The summed E-state index contributed by atoms with van der Waals surface area (Å²) < 4.78 is 0. The summed E-state index contributed by atoms with van der Waals surface area (Å²) in [6, 6.07) is 0. The molecule has 2 aliphatic rings. The highest BCUT2D eigenvalue weighted by Crippen LogP contribution is 2.39. The van der Waals surface area contributed by atoms with Gasteiger partial charge in [-0.05, 0) is 24.7 Å². The van der Waals surface area contributed by atoms with Crippen LogP contribution in [-0.2, 0) is 9.59 Å². The van der Waals surface area contributed by atoms with Crippen LogP contribution in [0.5, 0.6) is 0 Å². The van der Waals surface area contributed by atoms with E-state index in [1.165, 1.54) is 25.7 Å². The van der Waals surface area contributed by atoms with Crippen LogP contribution >= 0.6 is 0 Å². The molecule has 0 heterocycles. The van der Waals surface area contributed by atoms with Gasteiger partial charge < -0.3 is 4.79 Å². The van der Waals surface area contributed by atoms with Crippen molar-refractivity contribution >= 4 is 12.1 Å². The Morgan fingerprint density at radius 1 is 1.20 bits per heavy atom. The normalized spacial score (nSPS) is 32.4. The third kappa shape index (κ3) is 2.47. The topological polar surface area (TPSA) is 34.1 Å². The van der Waals surface area contributed by atoms with E-state index in [-0.39, 0.29) is 5.92 Å². The van der Waals surface area contributed by atoms with Gasteiger partial charge in [-0.3, -0.25) is 4.79 Å². The van der Waals surface area contributed by atoms with Crippen molar-refractivity contribution in [3.8, 4) is 0 Å². The van der Waals surface area contributed by atoms with Gasteiger partial charge in [0.05, 0.1) is 0 Å². The number of hydrogen-bond acceptors (Lipinski definition) is 2. The first-order valence-corrected chi connectivity index (χ1v) is 6.27. The molecule has 0 N–H and O–H groups in total. The Kier molecular flexibility index (Phi) is 3.55. The second kappa shape index (κ2) is 4.91. The van der Waals surface area contributed by atoms with Gasteiger partial charge in [0.1, 0.15) is 12.1 Å². The highest BCUT2D eigenvalue weighted by Gasteiger charge is 2.36. The fraction of sp³-hybridized carbons (Fsp3) is 0.846. The monoisotopic (exact) mass is 208 g/mol. The summed E-state index contributed by atoms with van der Waals surface area (Å²) in [6.45, 7) is 0. The third-order valence-electron chi connectivity index (χ3n) is 4.21. The van der Waals surface area contributed by atoms with E-state index in [1.54, 1.807) is 0 Å². The van der Waals surface area contributed by atoms with Gasteiger partial charge in [-0.2, -0.15) is 0 Å². The van der Waals surface area contributed by atoms with E-state index < -0.39 is 0 Å². The molecule has 84 valence electrons. The van der Waals surface area contributed by atoms with Crippen LogP contribution in [0, 0.1) is 17.8 Å². The number of carbonyl (C=O) groups is 2. The van der Waals surface area contributed by atoms with Crippen LogP contribution in [0.15, 0.2) is 0 Å². The minimum absolute atomic E-state index is 0.221. The van der Waals surface area contributed by atoms with Crippen molar-refractivity contribution in [2.45, 2.75) is 51.4 Å². The zero-order valence-electron chi connectivity index (χ0n) is 9.28. The van der Waals surface area contributed by atoms with Gasteiger partial charge in [0.15, 0.2) is 0 Å². The first-order chi connectivity index (χ1) is 7.31. The lowest BCUT2D eigenvalue weighted by Gasteiger charge is -2.19. The molecule has 2 fully saturated rings. The fourth-order valence-corrected chi connectivity index (χ4v) is 3.31. The number of ketones is 1. The molecular formula is C13H20O2. The average molecular weight is 208 g/mol. The molecule has 0 spiro atoms. The zero-order chi connectivity index (χ0) is 10.7. The second-order valence-corrected chi connectivity index (χ2v) is 5.16. The summed E-state index contributed by atoms with van der Waals surface area (Å²) in [5.41, 5.74) is 0. The van der Waals surface area contributed by atoms with Crippen LogP contribution in [0.4, 0.5) is 0 Å². The smallest absolute Gasteiger partial charge is 0.136 e. The highest BCUT2D eigenvalue weighted by atomic mass is 16.1. The largest absolute Gasteiger partial charge is 0.303 e. The van der Waals surface area contributed by atoms with E-state index in [4.69, 9.17) is 0 Å². The molecule has 2 saturated carbocycles. The standard InChI is InChI=1S/C13H20O2/c14-8-7-11-5-6-13(15)12(11)9-10-3-1-2-4-10/h8,10-12H,1-7,9H2. The molecule has 0 saturated heterocycles. The van der Waals surface area contributed by atoms with Crippen molar-refractivity contribution in [3.05, 3.63) is 0 Å². The van der Waals surface area contributed by atoms with Crippen LogP contribution in [0.25, 0.3) is 0 Å². The van der Waals surface area contributed by atoms with E-state index in [0.29, 0.717) is 18.1 Å². The lowest BCUT2D eigenvalue weighted by molar-refractivity contribution is -0.121. The average Bonchev–Trinajstić information content (AvgIpc) is 2.83. The summed E-state index contributed by atoms with van der Waals surface area (Å²) in [4.78, 5) is 22.3. The van der Waals surface area contributed by atoms with Gasteiger partial charge in [-0.15, -0.1) is 0 Å². The van der Waals surface area contributed by atoms with Gasteiger partial charge in [-0.1, -0.05) is 25.7 Å². The molecule has 0 radical (unpaired) electrons. The Hall–Kier alpha value is -0.660. The quantitative estimate of drug-likeness (QED) is 0.666. The second-order valence-electron chi connectivity index (χ2n) is 5.16. The van der Waals surface area contributed by atoms with Gasteiger partial charge in [0.25, 0.3) is 0 Å². The zero-order valence-corrected chi connectivity index (χ0v) is 9.28. The first kappa shape index (κ1) is 10.8. The number of aldehydes is 1. The molecule has 15 heavy (non-hydrogen) atoms.